The van der Waals surface area contributed by atoms with Gasteiger partial charge in [0.15, 0.2) is 5.82 Å². The van der Waals surface area contributed by atoms with Crippen LogP contribution in [-0.2, 0) is 5.75 Å². The van der Waals surface area contributed by atoms with Crippen LogP contribution in [0.2, 0.25) is 0 Å². The minimum absolute atomic E-state index is 0.193. The molecule has 0 spiro atoms. The topological polar surface area (TPSA) is 59.2 Å². The fourth-order valence-electron chi connectivity index (χ4n) is 2.13. The molecule has 19 heavy (non-hydrogen) atoms. The van der Waals surface area contributed by atoms with Gasteiger partial charge < -0.3 is 9.63 Å². The largest absolute Gasteiger partial charge is 0.393 e. The van der Waals surface area contributed by atoms with Gasteiger partial charge in [-0.05, 0) is 31.9 Å². The molecule has 0 aliphatic heterocycles. The first-order valence-electron chi connectivity index (χ1n) is 6.41. The number of benzene rings is 1. The number of aromatic nitrogens is 2. The minimum atomic E-state index is -0.193. The van der Waals surface area contributed by atoms with Gasteiger partial charge in [0.25, 0.3) is 0 Å². The molecule has 1 aromatic heterocycles. The van der Waals surface area contributed by atoms with Crippen molar-refractivity contribution in [2.45, 2.75) is 42.4 Å². The fraction of sp³-hybridized carbons (Fsp3) is 0.429. The first-order chi connectivity index (χ1) is 9.20. The normalized spacial score (nSPS) is 22.2. The van der Waals surface area contributed by atoms with Crippen molar-refractivity contribution < 1.29 is 9.63 Å². The second kappa shape index (κ2) is 5.35. The Bertz CT molecular complexity index is 564. The van der Waals surface area contributed by atoms with E-state index >= 15 is 0 Å². The highest BCUT2D eigenvalue weighted by Crippen LogP contribution is 2.36. The maximum absolute atomic E-state index is 9.27. The van der Waals surface area contributed by atoms with Crippen LogP contribution in [0.4, 0.5) is 0 Å². The van der Waals surface area contributed by atoms with Crippen molar-refractivity contribution in [1.29, 1.82) is 0 Å². The first kappa shape index (κ1) is 12.7. The van der Waals surface area contributed by atoms with Crippen molar-refractivity contribution >= 4 is 11.8 Å². The van der Waals surface area contributed by atoms with Gasteiger partial charge in [-0.2, -0.15) is 4.98 Å². The molecule has 1 fully saturated rings. The zero-order valence-electron chi connectivity index (χ0n) is 10.7. The average molecular weight is 276 g/mol. The number of aryl methyl sites for hydroxylation is 1. The number of nitrogens with zero attached hydrogens (tertiary/aromatic N) is 2. The lowest BCUT2D eigenvalue weighted by Crippen LogP contribution is -2.26. The summed E-state index contributed by atoms with van der Waals surface area (Å²) in [4.78, 5) is 5.61. The molecule has 1 heterocycles. The van der Waals surface area contributed by atoms with Crippen LogP contribution in [0.5, 0.6) is 0 Å². The van der Waals surface area contributed by atoms with Crippen LogP contribution in [0.15, 0.2) is 33.7 Å². The van der Waals surface area contributed by atoms with E-state index in [4.69, 9.17) is 4.52 Å². The standard InChI is InChI=1S/C14H16N2O2S/c1-9-3-2-4-12(5-9)19-8-13-15-14(18-16-13)10-6-11(17)7-10/h2-5,10-11,17H,6-8H2,1H3. The zero-order chi connectivity index (χ0) is 13.2. The van der Waals surface area contributed by atoms with E-state index in [0.717, 1.165) is 18.7 Å². The van der Waals surface area contributed by atoms with Crippen LogP contribution in [-0.4, -0.2) is 21.4 Å². The summed E-state index contributed by atoms with van der Waals surface area (Å²) < 4.78 is 5.24. The van der Waals surface area contributed by atoms with Gasteiger partial charge in [0.2, 0.25) is 5.89 Å². The minimum Gasteiger partial charge on any atom is -0.393 e. The van der Waals surface area contributed by atoms with E-state index in [2.05, 4.69) is 41.3 Å². The summed E-state index contributed by atoms with van der Waals surface area (Å²) >= 11 is 1.70. The molecule has 0 saturated heterocycles. The number of thioether (sulfide) groups is 1. The van der Waals surface area contributed by atoms with Crippen molar-refractivity contribution in [3.8, 4) is 0 Å². The monoisotopic (exact) mass is 276 g/mol. The van der Waals surface area contributed by atoms with Crippen LogP contribution < -0.4 is 0 Å². The third-order valence-corrected chi connectivity index (χ3v) is 4.29. The summed E-state index contributed by atoms with van der Waals surface area (Å²) in [5.41, 5.74) is 1.25. The second-order valence-corrected chi connectivity index (χ2v) is 6.02. The number of hydrogen-bond donors (Lipinski definition) is 1. The molecule has 1 aliphatic carbocycles. The molecule has 0 radical (unpaired) electrons. The van der Waals surface area contributed by atoms with Crippen LogP contribution in [0, 0.1) is 6.92 Å². The summed E-state index contributed by atoms with van der Waals surface area (Å²) in [6.07, 6.45) is 1.29. The fourth-order valence-corrected chi connectivity index (χ4v) is 2.99. The smallest absolute Gasteiger partial charge is 0.229 e. The van der Waals surface area contributed by atoms with Crippen molar-refractivity contribution in [2.24, 2.45) is 0 Å². The van der Waals surface area contributed by atoms with E-state index in [1.165, 1.54) is 10.5 Å². The molecular formula is C14H16N2O2S. The lowest BCUT2D eigenvalue weighted by Gasteiger charge is -2.27. The van der Waals surface area contributed by atoms with Crippen LogP contribution in [0.3, 0.4) is 0 Å². The molecule has 1 saturated carbocycles. The molecule has 0 unspecified atom stereocenters. The molecule has 0 atom stereocenters. The van der Waals surface area contributed by atoms with Crippen LogP contribution in [0.25, 0.3) is 0 Å². The lowest BCUT2D eigenvalue weighted by atomic mass is 9.82. The highest BCUT2D eigenvalue weighted by Gasteiger charge is 2.32. The summed E-state index contributed by atoms with van der Waals surface area (Å²) in [6, 6.07) is 8.36. The van der Waals surface area contributed by atoms with E-state index in [1.54, 1.807) is 11.8 Å². The quantitative estimate of drug-likeness (QED) is 0.870. The second-order valence-electron chi connectivity index (χ2n) is 4.98. The Hall–Kier alpha value is -1.33. The predicted octanol–water partition coefficient (Wildman–Crippen LogP) is 2.91. The highest BCUT2D eigenvalue weighted by molar-refractivity contribution is 7.98. The number of aliphatic hydroxyl groups excluding tert-OH is 1. The Balaban J connectivity index is 1.58. The Labute approximate surface area is 116 Å². The Morgan fingerprint density at radius 1 is 1.42 bits per heavy atom. The molecule has 2 aromatic rings. The number of aliphatic hydroxyl groups is 1. The van der Waals surface area contributed by atoms with Crippen molar-refractivity contribution in [2.75, 3.05) is 0 Å². The number of rotatable bonds is 4. The van der Waals surface area contributed by atoms with Gasteiger partial charge in [-0.3, -0.25) is 0 Å². The van der Waals surface area contributed by atoms with Gasteiger partial charge in [0.05, 0.1) is 11.9 Å². The Morgan fingerprint density at radius 3 is 3.00 bits per heavy atom. The van der Waals surface area contributed by atoms with Gasteiger partial charge in [0, 0.05) is 10.8 Å². The molecule has 5 heteroatoms. The summed E-state index contributed by atoms with van der Waals surface area (Å²) in [5, 5.41) is 13.3. The maximum Gasteiger partial charge on any atom is 0.229 e. The van der Waals surface area contributed by atoms with Crippen LogP contribution >= 0.6 is 11.8 Å². The van der Waals surface area contributed by atoms with Crippen molar-refractivity contribution in [1.82, 2.24) is 10.1 Å². The predicted molar refractivity (Wildman–Crippen MR) is 73.0 cm³/mol. The molecule has 0 amide bonds. The summed E-state index contributed by atoms with van der Waals surface area (Å²) in [6.45, 7) is 2.08. The van der Waals surface area contributed by atoms with Gasteiger partial charge in [0.1, 0.15) is 0 Å². The molecule has 100 valence electrons. The lowest BCUT2D eigenvalue weighted by molar-refractivity contribution is 0.0625. The number of hydrogen-bond acceptors (Lipinski definition) is 5. The van der Waals surface area contributed by atoms with Crippen molar-refractivity contribution in [3.63, 3.8) is 0 Å². The first-order valence-corrected chi connectivity index (χ1v) is 7.39. The van der Waals surface area contributed by atoms with E-state index in [9.17, 15) is 5.11 Å². The highest BCUT2D eigenvalue weighted by atomic mass is 32.2. The van der Waals surface area contributed by atoms with E-state index in [0.29, 0.717) is 11.6 Å². The third kappa shape index (κ3) is 2.98. The van der Waals surface area contributed by atoms with Gasteiger partial charge >= 0.3 is 0 Å². The third-order valence-electron chi connectivity index (χ3n) is 3.30. The van der Waals surface area contributed by atoms with Gasteiger partial charge in [-0.1, -0.05) is 22.9 Å². The maximum atomic E-state index is 9.27. The van der Waals surface area contributed by atoms with Gasteiger partial charge in [-0.15, -0.1) is 11.8 Å². The summed E-state index contributed by atoms with van der Waals surface area (Å²) in [5.74, 6) is 2.36. The van der Waals surface area contributed by atoms with Gasteiger partial charge in [-0.25, -0.2) is 0 Å². The molecule has 3 rings (SSSR count). The molecule has 0 bridgehead atoms. The van der Waals surface area contributed by atoms with E-state index < -0.39 is 0 Å². The molecular weight excluding hydrogens is 260 g/mol. The molecule has 4 nitrogen and oxygen atoms in total. The Kier molecular flexibility index (Phi) is 3.57. The molecule has 1 N–H and O–H groups in total. The van der Waals surface area contributed by atoms with E-state index in [-0.39, 0.29) is 12.0 Å². The summed E-state index contributed by atoms with van der Waals surface area (Å²) in [7, 11) is 0. The Morgan fingerprint density at radius 2 is 2.26 bits per heavy atom. The SMILES string of the molecule is Cc1cccc(SCc2noc(C3CC(O)C3)n2)c1. The van der Waals surface area contributed by atoms with Crippen molar-refractivity contribution in [3.05, 3.63) is 41.5 Å². The zero-order valence-corrected chi connectivity index (χ0v) is 11.6. The average Bonchev–Trinajstić information content (AvgIpc) is 2.81. The van der Waals surface area contributed by atoms with Crippen LogP contribution in [0.1, 0.15) is 36.0 Å². The molecule has 1 aromatic carbocycles. The molecule has 1 aliphatic rings. The van der Waals surface area contributed by atoms with E-state index in [1.807, 2.05) is 0 Å².